The zero-order valence-electron chi connectivity index (χ0n) is 11.0. The Morgan fingerprint density at radius 2 is 1.76 bits per heavy atom. The summed E-state index contributed by atoms with van der Waals surface area (Å²) in [5, 5.41) is 0. The molecule has 0 spiro atoms. The van der Waals surface area contributed by atoms with Crippen molar-refractivity contribution in [2.24, 2.45) is 0 Å². The van der Waals surface area contributed by atoms with Gasteiger partial charge in [-0.1, -0.05) is 19.3 Å². The third-order valence-electron chi connectivity index (χ3n) is 3.57. The second-order valence-corrected chi connectivity index (χ2v) is 5.13. The van der Waals surface area contributed by atoms with Crippen LogP contribution in [0.3, 0.4) is 0 Å². The van der Waals surface area contributed by atoms with E-state index in [1.165, 1.54) is 37.7 Å². The maximum Gasteiger partial charge on any atom is 0.222 e. The third-order valence-corrected chi connectivity index (χ3v) is 3.57. The lowest BCUT2D eigenvalue weighted by atomic mass is 9.83. The normalized spacial score (nSPS) is 17.1. The topological polar surface area (TPSA) is 55.0 Å². The summed E-state index contributed by atoms with van der Waals surface area (Å²) in [7, 11) is 4.04. The largest absolute Gasteiger partial charge is 0.368 e. The van der Waals surface area contributed by atoms with Gasteiger partial charge in [0.1, 0.15) is 5.82 Å². The first-order valence-electron chi connectivity index (χ1n) is 6.41. The van der Waals surface area contributed by atoms with E-state index in [9.17, 15) is 0 Å². The van der Waals surface area contributed by atoms with Crippen molar-refractivity contribution in [2.45, 2.75) is 44.9 Å². The summed E-state index contributed by atoms with van der Waals surface area (Å²) in [6.45, 7) is 2.05. The predicted octanol–water partition coefficient (Wildman–Crippen LogP) is 2.48. The molecule has 0 aromatic carbocycles. The molecule has 4 heteroatoms. The van der Waals surface area contributed by atoms with Gasteiger partial charge in [-0.25, -0.2) is 4.98 Å². The van der Waals surface area contributed by atoms with Crippen molar-refractivity contribution >= 4 is 11.8 Å². The van der Waals surface area contributed by atoms with E-state index in [4.69, 9.17) is 5.73 Å². The molecule has 0 radical (unpaired) electrons. The first-order valence-corrected chi connectivity index (χ1v) is 6.41. The highest BCUT2D eigenvalue weighted by Gasteiger charge is 2.23. The third kappa shape index (κ3) is 2.51. The number of anilines is 2. The Balaban J connectivity index is 2.42. The molecule has 0 unspecified atom stereocenters. The van der Waals surface area contributed by atoms with E-state index in [0.717, 1.165) is 11.5 Å². The Bertz CT molecular complexity index is 395. The minimum Gasteiger partial charge on any atom is -0.368 e. The highest BCUT2D eigenvalue weighted by atomic mass is 15.2. The van der Waals surface area contributed by atoms with Crippen LogP contribution in [0.5, 0.6) is 0 Å². The van der Waals surface area contributed by atoms with Crippen LogP contribution >= 0.6 is 0 Å². The molecular formula is C13H22N4. The minimum absolute atomic E-state index is 0.380. The van der Waals surface area contributed by atoms with E-state index in [1.807, 2.05) is 14.1 Å². The van der Waals surface area contributed by atoms with Crippen molar-refractivity contribution in [3.63, 3.8) is 0 Å². The quantitative estimate of drug-likeness (QED) is 0.854. The number of nitrogens with zero attached hydrogens (tertiary/aromatic N) is 3. The lowest BCUT2D eigenvalue weighted by Crippen LogP contribution is -2.19. The zero-order chi connectivity index (χ0) is 12.4. The fourth-order valence-electron chi connectivity index (χ4n) is 2.80. The van der Waals surface area contributed by atoms with Crippen molar-refractivity contribution in [2.75, 3.05) is 24.7 Å². The summed E-state index contributed by atoms with van der Waals surface area (Å²) in [5.74, 6) is 1.99. The van der Waals surface area contributed by atoms with E-state index in [-0.39, 0.29) is 0 Å². The van der Waals surface area contributed by atoms with E-state index in [2.05, 4.69) is 21.8 Å². The van der Waals surface area contributed by atoms with Crippen molar-refractivity contribution in [1.29, 1.82) is 0 Å². The number of hydrogen-bond acceptors (Lipinski definition) is 4. The van der Waals surface area contributed by atoms with E-state index in [1.54, 1.807) is 0 Å². The maximum absolute atomic E-state index is 5.75. The Labute approximate surface area is 103 Å². The molecule has 1 saturated carbocycles. The summed E-state index contributed by atoms with van der Waals surface area (Å²) < 4.78 is 0. The van der Waals surface area contributed by atoms with Crippen molar-refractivity contribution < 1.29 is 0 Å². The Kier molecular flexibility index (Phi) is 3.50. The number of aromatic nitrogens is 2. The molecule has 4 nitrogen and oxygen atoms in total. The summed E-state index contributed by atoms with van der Waals surface area (Å²) in [6.07, 6.45) is 6.52. The molecule has 0 aliphatic heterocycles. The van der Waals surface area contributed by atoms with Crippen LogP contribution in [0.25, 0.3) is 0 Å². The minimum atomic E-state index is 0.380. The molecule has 0 bridgehead atoms. The van der Waals surface area contributed by atoms with E-state index in [0.29, 0.717) is 11.9 Å². The molecule has 17 heavy (non-hydrogen) atoms. The first kappa shape index (κ1) is 12.1. The van der Waals surface area contributed by atoms with Crippen LogP contribution in [-0.2, 0) is 0 Å². The fraction of sp³-hybridized carbons (Fsp3) is 0.692. The second kappa shape index (κ2) is 4.90. The molecule has 1 aromatic heterocycles. The molecule has 0 atom stereocenters. The summed E-state index contributed by atoms with van der Waals surface area (Å²) in [5.41, 5.74) is 8.11. The number of aryl methyl sites for hydroxylation is 1. The molecule has 94 valence electrons. The summed E-state index contributed by atoms with van der Waals surface area (Å²) in [6, 6.07) is 0. The monoisotopic (exact) mass is 234 g/mol. The van der Waals surface area contributed by atoms with Gasteiger partial charge in [0, 0.05) is 25.4 Å². The average Bonchev–Trinajstić information content (AvgIpc) is 2.29. The molecule has 0 amide bonds. The van der Waals surface area contributed by atoms with Crippen molar-refractivity contribution in [3.05, 3.63) is 11.3 Å². The molecule has 1 aromatic rings. The molecule has 1 fully saturated rings. The number of hydrogen-bond donors (Lipinski definition) is 1. The van der Waals surface area contributed by atoms with Crippen LogP contribution < -0.4 is 10.6 Å². The van der Waals surface area contributed by atoms with Crippen LogP contribution in [0.15, 0.2) is 0 Å². The number of nitrogen functional groups attached to an aromatic ring is 1. The van der Waals surface area contributed by atoms with Gasteiger partial charge in [-0.05, 0) is 25.7 Å². The van der Waals surface area contributed by atoms with Crippen LogP contribution in [0.2, 0.25) is 0 Å². The standard InChI is InChI=1S/C13H22N4/c1-9-11(10-7-5-4-6-8-10)12(17(2)3)16-13(14)15-9/h10H,4-8H2,1-3H3,(H2,14,15,16). The van der Waals surface area contributed by atoms with Crippen molar-refractivity contribution in [1.82, 2.24) is 9.97 Å². The number of nitrogens with two attached hydrogens (primary N) is 1. The zero-order valence-corrected chi connectivity index (χ0v) is 11.0. The fourth-order valence-corrected chi connectivity index (χ4v) is 2.80. The van der Waals surface area contributed by atoms with E-state index < -0.39 is 0 Å². The van der Waals surface area contributed by atoms with Crippen LogP contribution in [-0.4, -0.2) is 24.1 Å². The highest BCUT2D eigenvalue weighted by Crippen LogP contribution is 2.38. The Morgan fingerprint density at radius 3 is 2.35 bits per heavy atom. The SMILES string of the molecule is Cc1nc(N)nc(N(C)C)c1C1CCCCC1. The smallest absolute Gasteiger partial charge is 0.222 e. The van der Waals surface area contributed by atoms with Gasteiger partial charge in [0.25, 0.3) is 0 Å². The lowest BCUT2D eigenvalue weighted by Gasteiger charge is -2.27. The van der Waals surface area contributed by atoms with Gasteiger partial charge in [-0.3, -0.25) is 0 Å². The first-order chi connectivity index (χ1) is 8.09. The summed E-state index contributed by atoms with van der Waals surface area (Å²) in [4.78, 5) is 10.8. The highest BCUT2D eigenvalue weighted by molar-refractivity contribution is 5.52. The molecule has 1 aliphatic rings. The Morgan fingerprint density at radius 1 is 1.12 bits per heavy atom. The van der Waals surface area contributed by atoms with Gasteiger partial charge in [0.2, 0.25) is 5.95 Å². The van der Waals surface area contributed by atoms with Crippen LogP contribution in [0, 0.1) is 6.92 Å². The Hall–Kier alpha value is -1.32. The molecule has 0 saturated heterocycles. The van der Waals surface area contributed by atoms with E-state index >= 15 is 0 Å². The average molecular weight is 234 g/mol. The predicted molar refractivity (Wildman–Crippen MR) is 71.3 cm³/mol. The second-order valence-electron chi connectivity index (χ2n) is 5.13. The van der Waals surface area contributed by atoms with Crippen molar-refractivity contribution in [3.8, 4) is 0 Å². The number of rotatable bonds is 2. The van der Waals surface area contributed by atoms with Crippen LogP contribution in [0.1, 0.15) is 49.3 Å². The van der Waals surface area contributed by atoms with Gasteiger partial charge >= 0.3 is 0 Å². The van der Waals surface area contributed by atoms with Gasteiger partial charge in [-0.2, -0.15) is 4.98 Å². The molecular weight excluding hydrogens is 212 g/mol. The van der Waals surface area contributed by atoms with Gasteiger partial charge < -0.3 is 10.6 Å². The molecule has 1 aliphatic carbocycles. The summed E-state index contributed by atoms with van der Waals surface area (Å²) >= 11 is 0. The lowest BCUT2D eigenvalue weighted by molar-refractivity contribution is 0.441. The van der Waals surface area contributed by atoms with Gasteiger partial charge in [0.15, 0.2) is 0 Å². The molecule has 1 heterocycles. The maximum atomic E-state index is 5.75. The van der Waals surface area contributed by atoms with Crippen LogP contribution in [0.4, 0.5) is 11.8 Å². The van der Waals surface area contributed by atoms with Gasteiger partial charge in [0.05, 0.1) is 0 Å². The molecule has 2 rings (SSSR count). The molecule has 2 N–H and O–H groups in total. The van der Waals surface area contributed by atoms with Gasteiger partial charge in [-0.15, -0.1) is 0 Å².